The van der Waals surface area contributed by atoms with Gasteiger partial charge < -0.3 is 5.73 Å². The van der Waals surface area contributed by atoms with Crippen LogP contribution in [0.3, 0.4) is 0 Å². The standard InChI is InChI=1S/C20H24N4O4/c1-11-7-12(8-21)9-23(11)10-13-3-2-4-14-17(13)20(28)24(19(14)27)15-5-6-16(25)22-18(15)26/h2-4,11-12,15H,5-10,21H2,1H3,(H,22,25,26). The van der Waals surface area contributed by atoms with Crippen molar-refractivity contribution in [3.05, 3.63) is 34.9 Å². The van der Waals surface area contributed by atoms with Crippen LogP contribution in [0.15, 0.2) is 18.2 Å². The van der Waals surface area contributed by atoms with E-state index in [-0.39, 0.29) is 18.7 Å². The molecule has 3 heterocycles. The van der Waals surface area contributed by atoms with Gasteiger partial charge in [0.15, 0.2) is 0 Å². The van der Waals surface area contributed by atoms with Gasteiger partial charge in [0.1, 0.15) is 6.04 Å². The number of fused-ring (bicyclic) bond motifs is 1. The number of hydrogen-bond acceptors (Lipinski definition) is 6. The third kappa shape index (κ3) is 3.02. The Balaban J connectivity index is 1.61. The number of piperidine rings is 1. The molecule has 0 radical (unpaired) electrons. The van der Waals surface area contributed by atoms with Crippen LogP contribution in [0.1, 0.15) is 52.5 Å². The van der Waals surface area contributed by atoms with E-state index in [1.165, 1.54) is 0 Å². The molecule has 0 aliphatic carbocycles. The van der Waals surface area contributed by atoms with E-state index in [0.717, 1.165) is 23.4 Å². The van der Waals surface area contributed by atoms with Gasteiger partial charge in [0.2, 0.25) is 11.8 Å². The van der Waals surface area contributed by atoms with Gasteiger partial charge in [0, 0.05) is 25.6 Å². The summed E-state index contributed by atoms with van der Waals surface area (Å²) in [6, 6.07) is 4.67. The van der Waals surface area contributed by atoms with Crippen LogP contribution in [0.25, 0.3) is 0 Å². The predicted octanol–water partition coefficient (Wildman–Crippen LogP) is 0.257. The molecule has 0 spiro atoms. The first-order valence-electron chi connectivity index (χ1n) is 9.68. The highest BCUT2D eigenvalue weighted by molar-refractivity contribution is 6.24. The second-order valence-electron chi connectivity index (χ2n) is 7.90. The lowest BCUT2D eigenvalue weighted by atomic mass is 10.0. The lowest BCUT2D eigenvalue weighted by molar-refractivity contribution is -0.136. The second-order valence-corrected chi connectivity index (χ2v) is 7.90. The number of likely N-dealkylation sites (tertiary alicyclic amines) is 1. The van der Waals surface area contributed by atoms with E-state index >= 15 is 0 Å². The maximum absolute atomic E-state index is 13.1. The molecular formula is C20H24N4O4. The van der Waals surface area contributed by atoms with Crippen LogP contribution in [0.5, 0.6) is 0 Å². The molecule has 4 amide bonds. The molecule has 148 valence electrons. The van der Waals surface area contributed by atoms with Crippen LogP contribution >= 0.6 is 0 Å². The third-order valence-corrected chi connectivity index (χ3v) is 6.05. The molecule has 2 saturated heterocycles. The van der Waals surface area contributed by atoms with Gasteiger partial charge in [0.05, 0.1) is 11.1 Å². The molecule has 8 nitrogen and oxygen atoms in total. The predicted molar refractivity (Wildman–Crippen MR) is 100 cm³/mol. The molecule has 1 aromatic carbocycles. The molecule has 3 atom stereocenters. The monoisotopic (exact) mass is 384 g/mol. The van der Waals surface area contributed by atoms with Crippen molar-refractivity contribution in [1.82, 2.24) is 15.1 Å². The summed E-state index contributed by atoms with van der Waals surface area (Å²) in [4.78, 5) is 52.9. The summed E-state index contributed by atoms with van der Waals surface area (Å²) < 4.78 is 0. The maximum atomic E-state index is 13.1. The molecule has 3 N–H and O–H groups in total. The highest BCUT2D eigenvalue weighted by atomic mass is 16.2. The maximum Gasteiger partial charge on any atom is 0.262 e. The Labute approximate surface area is 163 Å². The van der Waals surface area contributed by atoms with Gasteiger partial charge in [-0.1, -0.05) is 12.1 Å². The van der Waals surface area contributed by atoms with Crippen LogP contribution in [-0.2, 0) is 16.1 Å². The normalized spacial score (nSPS) is 28.1. The Morgan fingerprint density at radius 2 is 1.96 bits per heavy atom. The van der Waals surface area contributed by atoms with Gasteiger partial charge in [-0.15, -0.1) is 0 Å². The van der Waals surface area contributed by atoms with E-state index < -0.39 is 23.8 Å². The number of hydrogen-bond donors (Lipinski definition) is 2. The van der Waals surface area contributed by atoms with Crippen molar-refractivity contribution in [3.63, 3.8) is 0 Å². The Hall–Kier alpha value is -2.58. The number of nitrogens with one attached hydrogen (secondary N) is 1. The molecule has 0 bridgehead atoms. The summed E-state index contributed by atoms with van der Waals surface area (Å²) >= 11 is 0. The highest BCUT2D eigenvalue weighted by Crippen LogP contribution is 2.32. The molecule has 1 aromatic rings. The molecule has 2 fully saturated rings. The fourth-order valence-electron chi connectivity index (χ4n) is 4.54. The summed E-state index contributed by atoms with van der Waals surface area (Å²) in [6.07, 6.45) is 1.29. The topological polar surface area (TPSA) is 113 Å². The largest absolute Gasteiger partial charge is 0.330 e. The van der Waals surface area contributed by atoms with E-state index in [0.29, 0.717) is 36.2 Å². The van der Waals surface area contributed by atoms with Crippen molar-refractivity contribution in [2.45, 2.75) is 44.8 Å². The Morgan fingerprint density at radius 1 is 1.18 bits per heavy atom. The average Bonchev–Trinajstić information content (AvgIpc) is 3.14. The van der Waals surface area contributed by atoms with Gasteiger partial charge in [-0.05, 0) is 43.9 Å². The molecule has 4 rings (SSSR count). The molecule has 3 unspecified atom stereocenters. The summed E-state index contributed by atoms with van der Waals surface area (Å²) in [5.74, 6) is -1.45. The molecule has 28 heavy (non-hydrogen) atoms. The lowest BCUT2D eigenvalue weighted by Crippen LogP contribution is -2.54. The van der Waals surface area contributed by atoms with Crippen molar-refractivity contribution < 1.29 is 19.2 Å². The first-order valence-corrected chi connectivity index (χ1v) is 9.68. The van der Waals surface area contributed by atoms with Crippen molar-refractivity contribution in [2.75, 3.05) is 13.1 Å². The average molecular weight is 384 g/mol. The summed E-state index contributed by atoms with van der Waals surface area (Å²) in [5, 5.41) is 2.22. The SMILES string of the molecule is CC1CC(CN)CN1Cc1cccc2c1C(=O)N(C1CCC(=O)NC1=O)C2=O. The van der Waals surface area contributed by atoms with Gasteiger partial charge in [-0.25, -0.2) is 0 Å². The van der Waals surface area contributed by atoms with E-state index in [2.05, 4.69) is 17.1 Å². The Kier molecular flexibility index (Phi) is 4.76. The van der Waals surface area contributed by atoms with Crippen molar-refractivity contribution in [2.24, 2.45) is 11.7 Å². The van der Waals surface area contributed by atoms with Gasteiger partial charge >= 0.3 is 0 Å². The third-order valence-electron chi connectivity index (χ3n) is 6.05. The summed E-state index contributed by atoms with van der Waals surface area (Å²) in [6.45, 7) is 4.19. The number of rotatable bonds is 4. The quantitative estimate of drug-likeness (QED) is 0.720. The molecular weight excluding hydrogens is 360 g/mol. The highest BCUT2D eigenvalue weighted by Gasteiger charge is 2.45. The zero-order valence-electron chi connectivity index (χ0n) is 15.8. The van der Waals surface area contributed by atoms with Crippen molar-refractivity contribution in [3.8, 4) is 0 Å². The van der Waals surface area contributed by atoms with Gasteiger partial charge in [-0.2, -0.15) is 0 Å². The molecule has 8 heteroatoms. The number of carbonyl (C=O) groups excluding carboxylic acids is 4. The van der Waals surface area contributed by atoms with Crippen LogP contribution < -0.4 is 11.1 Å². The Morgan fingerprint density at radius 3 is 2.64 bits per heavy atom. The first kappa shape index (κ1) is 18.8. The second kappa shape index (κ2) is 7.10. The minimum Gasteiger partial charge on any atom is -0.330 e. The molecule has 0 saturated carbocycles. The number of imide groups is 2. The minimum atomic E-state index is -0.940. The van der Waals surface area contributed by atoms with Crippen molar-refractivity contribution >= 4 is 23.6 Å². The fourth-order valence-corrected chi connectivity index (χ4v) is 4.54. The van der Waals surface area contributed by atoms with Crippen LogP contribution in [0.4, 0.5) is 0 Å². The number of carbonyl (C=O) groups is 4. The number of nitrogens with two attached hydrogens (primary N) is 1. The smallest absolute Gasteiger partial charge is 0.262 e. The number of amides is 4. The summed E-state index contributed by atoms with van der Waals surface area (Å²) in [7, 11) is 0. The number of benzene rings is 1. The van der Waals surface area contributed by atoms with E-state index in [1.54, 1.807) is 12.1 Å². The van der Waals surface area contributed by atoms with Crippen LogP contribution in [0.2, 0.25) is 0 Å². The molecule has 0 aromatic heterocycles. The van der Waals surface area contributed by atoms with Crippen molar-refractivity contribution in [1.29, 1.82) is 0 Å². The van der Waals surface area contributed by atoms with Gasteiger partial charge in [0.25, 0.3) is 11.8 Å². The minimum absolute atomic E-state index is 0.114. The van der Waals surface area contributed by atoms with Gasteiger partial charge in [-0.3, -0.25) is 34.3 Å². The van der Waals surface area contributed by atoms with E-state index in [1.807, 2.05) is 6.07 Å². The fraction of sp³-hybridized carbons (Fsp3) is 0.500. The van der Waals surface area contributed by atoms with Crippen LogP contribution in [0, 0.1) is 5.92 Å². The Bertz CT molecular complexity index is 868. The first-order chi connectivity index (χ1) is 13.4. The zero-order valence-corrected chi connectivity index (χ0v) is 15.8. The van der Waals surface area contributed by atoms with Crippen LogP contribution in [-0.4, -0.2) is 58.6 Å². The van der Waals surface area contributed by atoms with E-state index in [4.69, 9.17) is 5.73 Å². The molecule has 3 aliphatic heterocycles. The lowest BCUT2D eigenvalue weighted by Gasteiger charge is -2.28. The number of nitrogens with zero attached hydrogens (tertiary/aromatic N) is 2. The zero-order chi connectivity index (χ0) is 20.0. The van der Waals surface area contributed by atoms with E-state index in [9.17, 15) is 19.2 Å². The molecule has 3 aliphatic rings. The summed E-state index contributed by atoms with van der Waals surface area (Å²) in [5.41, 5.74) is 7.30.